The van der Waals surface area contributed by atoms with Gasteiger partial charge < -0.3 is 0 Å². The van der Waals surface area contributed by atoms with E-state index >= 15 is 0 Å². The van der Waals surface area contributed by atoms with Crippen LogP contribution < -0.4 is 0 Å². The Labute approximate surface area is 97.6 Å². The molecule has 1 unspecified atom stereocenters. The zero-order valence-corrected chi connectivity index (χ0v) is 10.9. The van der Waals surface area contributed by atoms with Crippen molar-refractivity contribution >= 4 is 25.1 Å². The zero-order valence-electron chi connectivity index (χ0n) is 8.92. The van der Waals surface area contributed by atoms with E-state index in [1.165, 1.54) is 0 Å². The summed E-state index contributed by atoms with van der Waals surface area (Å²) in [5.41, 5.74) is 1.02. The highest BCUT2D eigenvalue weighted by molar-refractivity contribution is 7.91. The predicted octanol–water partition coefficient (Wildman–Crippen LogP) is 1.73. The molecule has 0 saturated carbocycles. The van der Waals surface area contributed by atoms with Crippen LogP contribution in [0, 0.1) is 6.92 Å². The minimum atomic E-state index is -3.35. The van der Waals surface area contributed by atoms with Gasteiger partial charge in [-0.25, -0.2) is 18.4 Å². The standard InChI is InChI=1S/C10H13N2O2PS/c1-9-2-4-10(5-3-9)16(13,14)8-12-6-11-7-15/h2-5H,7-8,15H2,1H3. The number of benzene rings is 1. The van der Waals surface area contributed by atoms with E-state index in [0.717, 1.165) is 5.56 Å². The number of hydrogen-bond acceptors (Lipinski definition) is 4. The van der Waals surface area contributed by atoms with E-state index in [1.54, 1.807) is 24.3 Å². The van der Waals surface area contributed by atoms with E-state index in [0.29, 0.717) is 6.29 Å². The van der Waals surface area contributed by atoms with Crippen molar-refractivity contribution in [1.29, 1.82) is 0 Å². The lowest BCUT2D eigenvalue weighted by molar-refractivity contribution is 0.596. The largest absolute Gasteiger partial charge is 0.222 e. The maximum Gasteiger partial charge on any atom is 0.199 e. The lowest BCUT2D eigenvalue weighted by atomic mass is 10.2. The van der Waals surface area contributed by atoms with Gasteiger partial charge in [0.05, 0.1) is 17.2 Å². The van der Waals surface area contributed by atoms with Crippen molar-refractivity contribution in [2.24, 2.45) is 9.98 Å². The topological polar surface area (TPSA) is 58.9 Å². The Balaban J connectivity index is 2.86. The zero-order chi connectivity index (χ0) is 12.0. The molecule has 1 aromatic rings. The van der Waals surface area contributed by atoms with Gasteiger partial charge >= 0.3 is 0 Å². The van der Waals surface area contributed by atoms with Gasteiger partial charge in [0.1, 0.15) is 0 Å². The van der Waals surface area contributed by atoms with Gasteiger partial charge in [-0.3, -0.25) is 0 Å². The minimum absolute atomic E-state index is 0.273. The lowest BCUT2D eigenvalue weighted by Crippen LogP contribution is -2.04. The molecule has 0 radical (unpaired) electrons. The fourth-order valence-corrected chi connectivity index (χ4v) is 2.03. The first-order valence-corrected chi connectivity index (χ1v) is 7.10. The third kappa shape index (κ3) is 3.86. The molecule has 6 heteroatoms. The van der Waals surface area contributed by atoms with Crippen LogP contribution in [-0.2, 0) is 9.84 Å². The van der Waals surface area contributed by atoms with Gasteiger partial charge in [-0.1, -0.05) is 17.7 Å². The molecule has 0 bridgehead atoms. The first-order chi connectivity index (χ1) is 7.56. The highest BCUT2D eigenvalue weighted by atomic mass is 32.2. The van der Waals surface area contributed by atoms with Crippen molar-refractivity contribution in [3.63, 3.8) is 0 Å². The normalized spacial score (nSPS) is 10.6. The Morgan fingerprint density at radius 2 is 1.88 bits per heavy atom. The highest BCUT2D eigenvalue weighted by Gasteiger charge is 2.12. The van der Waals surface area contributed by atoms with Gasteiger partial charge in [0.25, 0.3) is 0 Å². The van der Waals surface area contributed by atoms with Crippen molar-refractivity contribution in [2.75, 3.05) is 12.2 Å². The molecule has 0 aliphatic carbocycles. The quantitative estimate of drug-likeness (QED) is 0.608. The third-order valence-corrected chi connectivity index (χ3v) is 3.49. The van der Waals surface area contributed by atoms with Crippen LogP contribution in [0.3, 0.4) is 0 Å². The second-order valence-corrected chi connectivity index (χ2v) is 5.48. The molecule has 1 atom stereocenters. The van der Waals surface area contributed by atoms with Crippen LogP contribution in [-0.4, -0.2) is 26.6 Å². The summed E-state index contributed by atoms with van der Waals surface area (Å²) in [6.07, 6.45) is 0.466. The van der Waals surface area contributed by atoms with E-state index in [-0.39, 0.29) is 10.8 Å². The van der Waals surface area contributed by atoms with Crippen LogP contribution in [0.25, 0.3) is 0 Å². The van der Waals surface area contributed by atoms with Gasteiger partial charge in [0.2, 0.25) is 0 Å². The Kier molecular flexibility index (Phi) is 4.81. The summed E-state index contributed by atoms with van der Waals surface area (Å²) in [5, 5.41) is 0. The van der Waals surface area contributed by atoms with E-state index in [9.17, 15) is 8.42 Å². The maximum absolute atomic E-state index is 11.7. The van der Waals surface area contributed by atoms with Crippen molar-refractivity contribution in [3.05, 3.63) is 29.8 Å². The summed E-state index contributed by atoms with van der Waals surface area (Å²) < 4.78 is 23.5. The molecule has 0 aliphatic rings. The maximum atomic E-state index is 11.7. The van der Waals surface area contributed by atoms with Crippen LogP contribution in [0.1, 0.15) is 5.56 Å². The molecule has 0 spiro atoms. The van der Waals surface area contributed by atoms with Gasteiger partial charge in [-0.2, -0.15) is 0 Å². The van der Waals surface area contributed by atoms with Crippen molar-refractivity contribution in [3.8, 4) is 0 Å². The summed E-state index contributed by atoms with van der Waals surface area (Å²) >= 11 is 0. The number of sulfone groups is 1. The van der Waals surface area contributed by atoms with Crippen LogP contribution in [0.2, 0.25) is 0 Å². The SMILES string of the molecule is Cc1ccc(S(=O)(=O)CN=C=NCP)cc1. The molecule has 16 heavy (non-hydrogen) atoms. The second-order valence-electron chi connectivity index (χ2n) is 3.16. The molecule has 0 N–H and O–H groups in total. The molecule has 0 aromatic heterocycles. The smallest absolute Gasteiger partial charge is 0.199 e. The molecule has 0 aliphatic heterocycles. The van der Waals surface area contributed by atoms with E-state index in [4.69, 9.17) is 0 Å². The molecule has 1 rings (SSSR count). The van der Waals surface area contributed by atoms with Gasteiger partial charge in [-0.15, -0.1) is 9.24 Å². The average molecular weight is 256 g/mol. The Morgan fingerprint density at radius 3 is 2.44 bits per heavy atom. The monoisotopic (exact) mass is 256 g/mol. The number of rotatable bonds is 4. The Morgan fingerprint density at radius 1 is 1.25 bits per heavy atom. The lowest BCUT2D eigenvalue weighted by Gasteiger charge is -2.00. The van der Waals surface area contributed by atoms with Crippen molar-refractivity contribution in [1.82, 2.24) is 0 Å². The highest BCUT2D eigenvalue weighted by Crippen LogP contribution is 2.11. The summed E-state index contributed by atoms with van der Waals surface area (Å²) in [7, 11) is -0.984. The number of aliphatic imine (C=N–C) groups is 2. The number of nitrogens with zero attached hydrogens (tertiary/aromatic N) is 2. The first kappa shape index (κ1) is 13.0. The summed E-state index contributed by atoms with van der Waals surface area (Å²) in [6, 6.07) is 8.99. The van der Waals surface area contributed by atoms with E-state index in [2.05, 4.69) is 25.2 Å². The molecular weight excluding hydrogens is 243 g/mol. The molecular formula is C10H13N2O2PS. The van der Waals surface area contributed by atoms with Gasteiger partial charge in [0, 0.05) is 0 Å². The summed E-state index contributed by atoms with van der Waals surface area (Å²) in [5.74, 6) is -0.315. The molecule has 0 saturated heterocycles. The van der Waals surface area contributed by atoms with Crippen LogP contribution in [0.5, 0.6) is 0 Å². The summed E-state index contributed by atoms with van der Waals surface area (Å²) in [6.45, 7) is 1.90. The van der Waals surface area contributed by atoms with Crippen molar-refractivity contribution < 1.29 is 8.42 Å². The van der Waals surface area contributed by atoms with Crippen LogP contribution >= 0.6 is 9.24 Å². The minimum Gasteiger partial charge on any atom is -0.222 e. The molecule has 0 heterocycles. The third-order valence-electron chi connectivity index (χ3n) is 1.85. The van der Waals surface area contributed by atoms with Crippen molar-refractivity contribution in [2.45, 2.75) is 11.8 Å². The Bertz CT molecular complexity index is 502. The molecule has 86 valence electrons. The van der Waals surface area contributed by atoms with Crippen LogP contribution in [0.15, 0.2) is 39.1 Å². The van der Waals surface area contributed by atoms with Gasteiger partial charge in [-0.05, 0) is 19.1 Å². The fraction of sp³-hybridized carbons (Fsp3) is 0.300. The first-order valence-electron chi connectivity index (χ1n) is 4.64. The predicted molar refractivity (Wildman–Crippen MR) is 67.7 cm³/mol. The van der Waals surface area contributed by atoms with E-state index in [1.807, 2.05) is 6.92 Å². The molecule has 0 fully saturated rings. The number of aryl methyl sites for hydroxylation is 1. The molecule has 1 aromatic carbocycles. The molecule has 0 amide bonds. The van der Waals surface area contributed by atoms with E-state index < -0.39 is 9.84 Å². The molecule has 4 nitrogen and oxygen atoms in total. The summed E-state index contributed by atoms with van der Waals surface area (Å²) in [4.78, 5) is 7.55. The fourth-order valence-electron chi connectivity index (χ4n) is 1.02. The second kappa shape index (κ2) is 5.90. The average Bonchev–Trinajstić information content (AvgIpc) is 2.25. The van der Waals surface area contributed by atoms with Crippen LogP contribution in [0.4, 0.5) is 0 Å². The number of hydrogen-bond donors (Lipinski definition) is 0. The Hall–Kier alpha value is -1.02. The van der Waals surface area contributed by atoms with Gasteiger partial charge in [0.15, 0.2) is 15.7 Å².